The zero-order valence-corrected chi connectivity index (χ0v) is 23.1. The highest BCUT2D eigenvalue weighted by molar-refractivity contribution is 5.91. The van der Waals surface area contributed by atoms with Crippen LogP contribution in [-0.2, 0) is 0 Å². The number of phenolic OH excluding ortho intramolecular Hbond substituents is 1. The van der Waals surface area contributed by atoms with E-state index in [0.29, 0.717) is 5.75 Å². The van der Waals surface area contributed by atoms with Crippen LogP contribution in [0.1, 0.15) is 68.1 Å². The number of anilines is 2. The first-order valence-corrected chi connectivity index (χ1v) is 14.2. The zero-order chi connectivity index (χ0) is 26.5. The SMILES string of the molecule is Cc1cc2c(N3CCCCCC3)ncnc2cc1O.Cc1cc2ncnc(N3CCCCCC3)c2cc1C. The van der Waals surface area contributed by atoms with Crippen molar-refractivity contribution >= 4 is 33.4 Å². The second kappa shape index (κ2) is 11.9. The fraction of sp³-hybridized carbons (Fsp3) is 0.484. The molecule has 2 saturated heterocycles. The lowest BCUT2D eigenvalue weighted by Gasteiger charge is -2.22. The molecule has 7 heteroatoms. The summed E-state index contributed by atoms with van der Waals surface area (Å²) < 4.78 is 0. The van der Waals surface area contributed by atoms with E-state index in [0.717, 1.165) is 59.8 Å². The van der Waals surface area contributed by atoms with Crippen LogP contribution >= 0.6 is 0 Å². The molecule has 38 heavy (non-hydrogen) atoms. The molecule has 200 valence electrons. The molecule has 0 amide bonds. The van der Waals surface area contributed by atoms with E-state index in [1.165, 1.54) is 67.9 Å². The van der Waals surface area contributed by atoms with Gasteiger partial charge in [-0.3, -0.25) is 0 Å². The van der Waals surface area contributed by atoms with Crippen molar-refractivity contribution in [3.8, 4) is 5.75 Å². The number of hydrogen-bond donors (Lipinski definition) is 1. The molecule has 6 rings (SSSR count). The Morgan fingerprint density at radius 3 is 1.45 bits per heavy atom. The molecule has 0 radical (unpaired) electrons. The molecule has 2 aliphatic rings. The Hall–Kier alpha value is -3.48. The predicted octanol–water partition coefficient (Wildman–Crippen LogP) is 6.65. The van der Waals surface area contributed by atoms with Crippen LogP contribution in [-0.4, -0.2) is 51.2 Å². The molecule has 2 aliphatic heterocycles. The van der Waals surface area contributed by atoms with Crippen LogP contribution in [0.15, 0.2) is 36.9 Å². The lowest BCUT2D eigenvalue weighted by Crippen LogP contribution is -2.25. The summed E-state index contributed by atoms with van der Waals surface area (Å²) in [6, 6.07) is 8.14. The molecule has 0 aliphatic carbocycles. The number of rotatable bonds is 2. The second-order valence-electron chi connectivity index (χ2n) is 10.8. The summed E-state index contributed by atoms with van der Waals surface area (Å²) in [5.74, 6) is 2.43. The van der Waals surface area contributed by atoms with E-state index in [9.17, 15) is 5.11 Å². The van der Waals surface area contributed by atoms with Crippen molar-refractivity contribution in [1.82, 2.24) is 19.9 Å². The average molecular weight is 513 g/mol. The minimum atomic E-state index is 0.299. The second-order valence-corrected chi connectivity index (χ2v) is 10.8. The Kier molecular flexibility index (Phi) is 8.20. The minimum absolute atomic E-state index is 0.299. The van der Waals surface area contributed by atoms with E-state index >= 15 is 0 Å². The summed E-state index contributed by atoms with van der Waals surface area (Å²) in [5, 5.41) is 12.0. The molecule has 2 aromatic carbocycles. The van der Waals surface area contributed by atoms with Gasteiger partial charge in [0.05, 0.1) is 11.0 Å². The molecular weight excluding hydrogens is 472 g/mol. The summed E-state index contributed by atoms with van der Waals surface area (Å²) in [7, 11) is 0. The fourth-order valence-electron chi connectivity index (χ4n) is 5.56. The van der Waals surface area contributed by atoms with Gasteiger partial charge in [0.25, 0.3) is 0 Å². The Morgan fingerprint density at radius 1 is 0.526 bits per heavy atom. The largest absolute Gasteiger partial charge is 0.508 e. The van der Waals surface area contributed by atoms with Gasteiger partial charge >= 0.3 is 0 Å². The number of aromatic nitrogens is 4. The third-order valence-corrected chi connectivity index (χ3v) is 7.97. The maximum atomic E-state index is 9.79. The lowest BCUT2D eigenvalue weighted by atomic mass is 10.1. The molecule has 0 saturated carbocycles. The van der Waals surface area contributed by atoms with Gasteiger partial charge in [0.15, 0.2) is 0 Å². The topological polar surface area (TPSA) is 78.3 Å². The molecule has 7 nitrogen and oxygen atoms in total. The molecule has 2 fully saturated rings. The summed E-state index contributed by atoms with van der Waals surface area (Å²) in [4.78, 5) is 22.5. The fourth-order valence-corrected chi connectivity index (χ4v) is 5.56. The lowest BCUT2D eigenvalue weighted by molar-refractivity contribution is 0.472. The summed E-state index contributed by atoms with van der Waals surface area (Å²) in [6.45, 7) is 10.6. The van der Waals surface area contributed by atoms with E-state index in [4.69, 9.17) is 0 Å². The van der Waals surface area contributed by atoms with Crippen LogP contribution in [0.5, 0.6) is 5.75 Å². The normalized spacial score (nSPS) is 16.6. The number of fused-ring (bicyclic) bond motifs is 2. The smallest absolute Gasteiger partial charge is 0.139 e. The molecule has 1 N–H and O–H groups in total. The molecule has 0 spiro atoms. The number of phenols is 1. The molecule has 4 aromatic rings. The number of benzene rings is 2. The van der Waals surface area contributed by atoms with E-state index in [1.807, 2.05) is 13.0 Å². The molecule has 4 heterocycles. The molecule has 0 atom stereocenters. The Labute approximate surface area is 226 Å². The van der Waals surface area contributed by atoms with Crippen molar-refractivity contribution in [2.24, 2.45) is 0 Å². The highest BCUT2D eigenvalue weighted by Gasteiger charge is 2.16. The number of aromatic hydroxyl groups is 1. The minimum Gasteiger partial charge on any atom is -0.508 e. The molecular formula is C31H40N6O. The van der Waals surface area contributed by atoms with Crippen molar-refractivity contribution in [3.63, 3.8) is 0 Å². The maximum Gasteiger partial charge on any atom is 0.139 e. The molecule has 0 bridgehead atoms. The summed E-state index contributed by atoms with van der Waals surface area (Å²) >= 11 is 0. The van der Waals surface area contributed by atoms with Gasteiger partial charge in [-0.2, -0.15) is 0 Å². The van der Waals surface area contributed by atoms with Crippen LogP contribution in [0.3, 0.4) is 0 Å². The quantitative estimate of drug-likeness (QED) is 0.322. The van der Waals surface area contributed by atoms with Gasteiger partial charge < -0.3 is 14.9 Å². The van der Waals surface area contributed by atoms with Gasteiger partial charge in [-0.1, -0.05) is 25.7 Å². The van der Waals surface area contributed by atoms with E-state index < -0.39 is 0 Å². The number of nitrogens with zero attached hydrogens (tertiary/aromatic N) is 6. The highest BCUT2D eigenvalue weighted by Crippen LogP contribution is 2.30. The number of aryl methyl sites for hydroxylation is 3. The van der Waals surface area contributed by atoms with Crippen molar-refractivity contribution in [3.05, 3.63) is 53.6 Å². The monoisotopic (exact) mass is 512 g/mol. The van der Waals surface area contributed by atoms with Crippen molar-refractivity contribution in [2.45, 2.75) is 72.1 Å². The van der Waals surface area contributed by atoms with Crippen LogP contribution in [0.4, 0.5) is 11.6 Å². The van der Waals surface area contributed by atoms with Crippen LogP contribution < -0.4 is 9.80 Å². The first-order chi connectivity index (χ1) is 18.5. The molecule has 2 aromatic heterocycles. The first kappa shape index (κ1) is 26.1. The highest BCUT2D eigenvalue weighted by atomic mass is 16.3. The standard InChI is InChI=1S/C16H21N3.C15H19N3O/c1-12-9-14-15(10-13(12)2)17-11-18-16(14)19-7-5-3-4-6-8-19;1-11-8-12-13(9-14(11)19)16-10-17-15(12)18-6-4-2-3-5-7-18/h9-11H,3-8H2,1-2H3;8-10,19H,2-7H2,1H3. The van der Waals surface area contributed by atoms with Gasteiger partial charge in [-0.15, -0.1) is 0 Å². The first-order valence-electron chi connectivity index (χ1n) is 14.2. The summed E-state index contributed by atoms with van der Waals surface area (Å²) in [5.41, 5.74) is 5.37. The van der Waals surface area contributed by atoms with Crippen molar-refractivity contribution < 1.29 is 5.11 Å². The van der Waals surface area contributed by atoms with Gasteiger partial charge in [-0.05, 0) is 81.3 Å². The zero-order valence-electron chi connectivity index (χ0n) is 23.1. The third kappa shape index (κ3) is 5.82. The maximum absolute atomic E-state index is 9.79. The van der Waals surface area contributed by atoms with E-state index in [2.05, 4.69) is 55.7 Å². The van der Waals surface area contributed by atoms with Gasteiger partial charge in [0, 0.05) is 43.0 Å². The van der Waals surface area contributed by atoms with Crippen LogP contribution in [0.25, 0.3) is 21.8 Å². The predicted molar refractivity (Wildman–Crippen MR) is 156 cm³/mol. The van der Waals surface area contributed by atoms with Crippen molar-refractivity contribution in [2.75, 3.05) is 36.0 Å². The summed E-state index contributed by atoms with van der Waals surface area (Å²) in [6.07, 6.45) is 13.6. The van der Waals surface area contributed by atoms with Gasteiger partial charge in [-0.25, -0.2) is 19.9 Å². The van der Waals surface area contributed by atoms with Gasteiger partial charge in [0.2, 0.25) is 0 Å². The van der Waals surface area contributed by atoms with Crippen LogP contribution in [0.2, 0.25) is 0 Å². The third-order valence-electron chi connectivity index (χ3n) is 7.97. The van der Waals surface area contributed by atoms with Crippen molar-refractivity contribution in [1.29, 1.82) is 0 Å². The van der Waals surface area contributed by atoms with E-state index in [1.54, 1.807) is 18.7 Å². The van der Waals surface area contributed by atoms with Crippen LogP contribution in [0, 0.1) is 20.8 Å². The average Bonchev–Trinajstić information content (AvgIpc) is 3.36. The Balaban J connectivity index is 0.000000155. The van der Waals surface area contributed by atoms with Gasteiger partial charge in [0.1, 0.15) is 30.0 Å². The number of hydrogen-bond acceptors (Lipinski definition) is 7. The van der Waals surface area contributed by atoms with E-state index in [-0.39, 0.29) is 0 Å². The Morgan fingerprint density at radius 2 is 0.947 bits per heavy atom. The Bertz CT molecular complexity index is 1280. The molecule has 0 unspecified atom stereocenters.